The number of fused-ring (bicyclic) bond motifs is 1. The van der Waals surface area contributed by atoms with Gasteiger partial charge < -0.3 is 10.6 Å². The summed E-state index contributed by atoms with van der Waals surface area (Å²) >= 11 is 1.63. The molecule has 3 rings (SSSR count). The third kappa shape index (κ3) is 3.52. The number of thiazole rings is 1. The summed E-state index contributed by atoms with van der Waals surface area (Å²) in [5, 5.41) is 7.04. The van der Waals surface area contributed by atoms with E-state index >= 15 is 0 Å². The predicted molar refractivity (Wildman–Crippen MR) is 77.1 cm³/mol. The molecule has 19 heavy (non-hydrogen) atoms. The maximum absolute atomic E-state index is 11.6. The molecule has 0 unspecified atom stereocenters. The van der Waals surface area contributed by atoms with E-state index in [9.17, 15) is 4.79 Å². The lowest BCUT2D eigenvalue weighted by atomic mass is 10.3. The van der Waals surface area contributed by atoms with Crippen LogP contribution in [-0.4, -0.2) is 24.0 Å². The van der Waals surface area contributed by atoms with Gasteiger partial charge in [0.15, 0.2) is 0 Å². The van der Waals surface area contributed by atoms with Gasteiger partial charge in [-0.2, -0.15) is 0 Å². The van der Waals surface area contributed by atoms with Crippen LogP contribution in [0.1, 0.15) is 17.8 Å². The summed E-state index contributed by atoms with van der Waals surface area (Å²) in [4.78, 5) is 16.1. The number of benzene rings is 1. The monoisotopic (exact) mass is 275 g/mol. The Labute approximate surface area is 116 Å². The fourth-order valence-electron chi connectivity index (χ4n) is 1.94. The van der Waals surface area contributed by atoms with E-state index in [4.69, 9.17) is 0 Å². The first-order chi connectivity index (χ1) is 9.31. The third-order valence-electron chi connectivity index (χ3n) is 3.19. The maximum Gasteiger partial charge on any atom is 0.234 e. The molecule has 0 atom stereocenters. The number of hydrogen-bond donors (Lipinski definition) is 2. The smallest absolute Gasteiger partial charge is 0.234 e. The lowest BCUT2D eigenvalue weighted by molar-refractivity contribution is -0.120. The summed E-state index contributed by atoms with van der Waals surface area (Å²) in [6.45, 7) is 1.89. The normalized spacial score (nSPS) is 14.7. The Morgan fingerprint density at radius 1 is 1.37 bits per heavy atom. The fraction of sp³-hybridized carbons (Fsp3) is 0.429. The van der Waals surface area contributed by atoms with Gasteiger partial charge in [0.2, 0.25) is 5.91 Å². The van der Waals surface area contributed by atoms with E-state index in [2.05, 4.69) is 21.7 Å². The second-order valence-corrected chi connectivity index (χ2v) is 6.04. The molecule has 2 aromatic rings. The maximum atomic E-state index is 11.6. The molecule has 0 aliphatic heterocycles. The van der Waals surface area contributed by atoms with Gasteiger partial charge in [-0.05, 0) is 37.4 Å². The van der Waals surface area contributed by atoms with Gasteiger partial charge in [0.05, 0.1) is 23.3 Å². The van der Waals surface area contributed by atoms with E-state index in [1.165, 1.54) is 17.5 Å². The second-order valence-electron chi connectivity index (χ2n) is 4.93. The molecule has 100 valence electrons. The SMILES string of the molecule is O=C(CNCC1CC1)NCc1nc2ccccc2s1. The molecule has 1 saturated carbocycles. The van der Waals surface area contributed by atoms with Crippen molar-refractivity contribution in [2.45, 2.75) is 19.4 Å². The van der Waals surface area contributed by atoms with Crippen molar-refractivity contribution in [3.05, 3.63) is 29.3 Å². The van der Waals surface area contributed by atoms with Crippen LogP contribution in [0.4, 0.5) is 0 Å². The lowest BCUT2D eigenvalue weighted by Gasteiger charge is -2.04. The molecule has 5 heteroatoms. The quantitative estimate of drug-likeness (QED) is 0.847. The summed E-state index contributed by atoms with van der Waals surface area (Å²) in [5.41, 5.74) is 1.00. The van der Waals surface area contributed by atoms with Gasteiger partial charge in [0, 0.05) is 0 Å². The molecule has 0 bridgehead atoms. The van der Waals surface area contributed by atoms with Crippen LogP contribution >= 0.6 is 11.3 Å². The Hall–Kier alpha value is -1.46. The van der Waals surface area contributed by atoms with Gasteiger partial charge in [-0.25, -0.2) is 4.98 Å². The number of nitrogens with zero attached hydrogens (tertiary/aromatic N) is 1. The highest BCUT2D eigenvalue weighted by Gasteiger charge is 2.20. The predicted octanol–water partition coefficient (Wildman–Crippen LogP) is 1.91. The Balaban J connectivity index is 1.46. The summed E-state index contributed by atoms with van der Waals surface area (Å²) in [5.74, 6) is 0.844. The summed E-state index contributed by atoms with van der Waals surface area (Å²) < 4.78 is 1.17. The topological polar surface area (TPSA) is 54.0 Å². The zero-order valence-electron chi connectivity index (χ0n) is 10.7. The number of amides is 1. The molecule has 1 heterocycles. The summed E-state index contributed by atoms with van der Waals surface area (Å²) in [6.07, 6.45) is 2.61. The van der Waals surface area contributed by atoms with E-state index in [1.54, 1.807) is 11.3 Å². The molecule has 1 aromatic carbocycles. The summed E-state index contributed by atoms with van der Waals surface area (Å²) in [6, 6.07) is 8.03. The van der Waals surface area contributed by atoms with Crippen molar-refractivity contribution in [3.8, 4) is 0 Å². The molecular formula is C14H17N3OS. The molecule has 1 fully saturated rings. The molecule has 1 amide bonds. The molecular weight excluding hydrogens is 258 g/mol. The van der Waals surface area contributed by atoms with E-state index in [0.717, 1.165) is 23.0 Å². The van der Waals surface area contributed by atoms with Crippen molar-refractivity contribution in [1.82, 2.24) is 15.6 Å². The van der Waals surface area contributed by atoms with E-state index in [0.29, 0.717) is 13.1 Å². The van der Waals surface area contributed by atoms with Crippen molar-refractivity contribution < 1.29 is 4.79 Å². The second kappa shape index (κ2) is 5.67. The highest BCUT2D eigenvalue weighted by Crippen LogP contribution is 2.27. The lowest BCUT2D eigenvalue weighted by Crippen LogP contribution is -2.34. The van der Waals surface area contributed by atoms with Crippen LogP contribution in [-0.2, 0) is 11.3 Å². The van der Waals surface area contributed by atoms with Crippen molar-refractivity contribution in [2.75, 3.05) is 13.1 Å². The molecule has 1 aromatic heterocycles. The number of nitrogens with one attached hydrogen (secondary N) is 2. The average Bonchev–Trinajstić information content (AvgIpc) is 3.14. The fourth-order valence-corrected chi connectivity index (χ4v) is 2.85. The van der Waals surface area contributed by atoms with Gasteiger partial charge >= 0.3 is 0 Å². The Morgan fingerprint density at radius 2 is 2.21 bits per heavy atom. The molecule has 1 aliphatic rings. The van der Waals surface area contributed by atoms with E-state index < -0.39 is 0 Å². The number of hydrogen-bond acceptors (Lipinski definition) is 4. The van der Waals surface area contributed by atoms with Crippen LogP contribution in [0.5, 0.6) is 0 Å². The number of carbonyl (C=O) groups is 1. The van der Waals surface area contributed by atoms with Crippen molar-refractivity contribution in [2.24, 2.45) is 5.92 Å². The standard InChI is InChI=1S/C14H17N3OS/c18-13(8-15-7-10-5-6-10)16-9-14-17-11-3-1-2-4-12(11)19-14/h1-4,10,15H,5-9H2,(H,16,18). The molecule has 0 radical (unpaired) electrons. The van der Waals surface area contributed by atoms with Crippen molar-refractivity contribution >= 4 is 27.5 Å². The number of para-hydroxylation sites is 1. The van der Waals surface area contributed by atoms with Gasteiger partial charge in [-0.1, -0.05) is 12.1 Å². The zero-order valence-corrected chi connectivity index (χ0v) is 11.5. The van der Waals surface area contributed by atoms with Crippen LogP contribution in [0.15, 0.2) is 24.3 Å². The first-order valence-electron chi connectivity index (χ1n) is 6.63. The molecule has 2 N–H and O–H groups in total. The minimum atomic E-state index is 0.0416. The Bertz CT molecular complexity index is 544. The minimum absolute atomic E-state index is 0.0416. The third-order valence-corrected chi connectivity index (χ3v) is 4.23. The van der Waals surface area contributed by atoms with Gasteiger partial charge in [-0.3, -0.25) is 4.79 Å². The molecule has 1 aliphatic carbocycles. The van der Waals surface area contributed by atoms with Crippen molar-refractivity contribution in [1.29, 1.82) is 0 Å². The molecule has 0 spiro atoms. The van der Waals surface area contributed by atoms with Crippen LogP contribution in [0.25, 0.3) is 10.2 Å². The number of rotatable bonds is 6. The summed E-state index contributed by atoms with van der Waals surface area (Å²) in [7, 11) is 0. The van der Waals surface area contributed by atoms with Crippen LogP contribution in [0.2, 0.25) is 0 Å². The first kappa shape index (κ1) is 12.6. The zero-order chi connectivity index (χ0) is 13.1. The van der Waals surface area contributed by atoms with Crippen LogP contribution in [0, 0.1) is 5.92 Å². The highest BCUT2D eigenvalue weighted by molar-refractivity contribution is 7.18. The largest absolute Gasteiger partial charge is 0.348 e. The minimum Gasteiger partial charge on any atom is -0.348 e. The van der Waals surface area contributed by atoms with E-state index in [1.807, 2.05) is 18.2 Å². The van der Waals surface area contributed by atoms with Gasteiger partial charge in [0.1, 0.15) is 5.01 Å². The number of aromatic nitrogens is 1. The average molecular weight is 275 g/mol. The van der Waals surface area contributed by atoms with Gasteiger partial charge in [-0.15, -0.1) is 11.3 Å². The van der Waals surface area contributed by atoms with Crippen molar-refractivity contribution in [3.63, 3.8) is 0 Å². The Kier molecular flexibility index (Phi) is 3.75. The molecule has 4 nitrogen and oxygen atoms in total. The Morgan fingerprint density at radius 3 is 3.00 bits per heavy atom. The molecule has 0 saturated heterocycles. The van der Waals surface area contributed by atoms with Crippen LogP contribution in [0.3, 0.4) is 0 Å². The van der Waals surface area contributed by atoms with E-state index in [-0.39, 0.29) is 5.91 Å². The number of carbonyl (C=O) groups excluding carboxylic acids is 1. The van der Waals surface area contributed by atoms with Crippen LogP contribution < -0.4 is 10.6 Å². The first-order valence-corrected chi connectivity index (χ1v) is 7.45. The van der Waals surface area contributed by atoms with Gasteiger partial charge in [0.25, 0.3) is 0 Å². The highest BCUT2D eigenvalue weighted by atomic mass is 32.1.